The number of nitrogens with zero attached hydrogens (tertiary/aromatic N) is 3. The predicted molar refractivity (Wildman–Crippen MR) is 98.3 cm³/mol. The fraction of sp³-hybridized carbons (Fsp3) is 0. The Morgan fingerprint density at radius 3 is 2.76 bits per heavy atom. The molecule has 4 aromatic rings. The molecule has 25 heavy (non-hydrogen) atoms. The van der Waals surface area contributed by atoms with E-state index in [1.165, 1.54) is 12.3 Å². The molecule has 0 radical (unpaired) electrons. The van der Waals surface area contributed by atoms with Crippen LogP contribution in [0, 0.1) is 0 Å². The van der Waals surface area contributed by atoms with Crippen molar-refractivity contribution in [2.75, 3.05) is 0 Å². The van der Waals surface area contributed by atoms with Crippen molar-refractivity contribution in [3.05, 3.63) is 70.5 Å². The van der Waals surface area contributed by atoms with E-state index < -0.39 is 0 Å². The molecule has 0 saturated heterocycles. The first kappa shape index (κ1) is 15.7. The first-order chi connectivity index (χ1) is 12.1. The summed E-state index contributed by atoms with van der Waals surface area (Å²) < 4.78 is 7.22. The molecule has 0 atom stereocenters. The van der Waals surface area contributed by atoms with Crippen molar-refractivity contribution < 1.29 is 9.52 Å². The molecular weight excluding hydrogens is 361 g/mol. The van der Waals surface area contributed by atoms with Crippen LogP contribution < -0.4 is 0 Å². The monoisotopic (exact) mass is 371 g/mol. The number of aromatic hydroxyl groups is 1. The molecule has 1 N–H and O–H groups in total. The molecule has 7 heteroatoms. The second-order valence-electron chi connectivity index (χ2n) is 5.30. The van der Waals surface area contributed by atoms with Gasteiger partial charge in [-0.25, -0.2) is 9.98 Å². The molecule has 5 nitrogen and oxygen atoms in total. The Hall–Kier alpha value is -2.76. The number of rotatable bonds is 3. The number of phenolic OH excluding ortho intramolecular Hbond substituents is 1. The highest BCUT2D eigenvalue weighted by Crippen LogP contribution is 2.32. The maximum atomic E-state index is 9.96. The smallest absolute Gasteiger partial charge is 0.168 e. The highest BCUT2D eigenvalue weighted by atomic mass is 35.5. The summed E-state index contributed by atoms with van der Waals surface area (Å²) in [7, 11) is 0. The van der Waals surface area contributed by atoms with Gasteiger partial charge in [-0.2, -0.15) is 0 Å². The van der Waals surface area contributed by atoms with E-state index in [4.69, 9.17) is 27.6 Å². The highest BCUT2D eigenvalue weighted by Gasteiger charge is 2.16. The summed E-state index contributed by atoms with van der Waals surface area (Å²) in [5.41, 5.74) is 1.75. The van der Waals surface area contributed by atoms with Gasteiger partial charge in [-0.05, 0) is 42.5 Å². The second kappa shape index (κ2) is 6.27. The van der Waals surface area contributed by atoms with Crippen molar-refractivity contribution in [3.8, 4) is 17.2 Å². The second-order valence-corrected chi connectivity index (χ2v) is 6.17. The van der Waals surface area contributed by atoms with E-state index in [0.717, 1.165) is 0 Å². The van der Waals surface area contributed by atoms with E-state index in [2.05, 4.69) is 9.98 Å². The topological polar surface area (TPSA) is 63.0 Å². The van der Waals surface area contributed by atoms with Gasteiger partial charge in [0.05, 0.1) is 11.3 Å². The molecule has 0 aliphatic heterocycles. The Bertz CT molecular complexity index is 1090. The van der Waals surface area contributed by atoms with E-state index in [1.54, 1.807) is 53.3 Å². The van der Waals surface area contributed by atoms with Gasteiger partial charge < -0.3 is 9.52 Å². The van der Waals surface area contributed by atoms with Crippen LogP contribution in [0.5, 0.6) is 5.75 Å². The summed E-state index contributed by atoms with van der Waals surface area (Å²) in [5.74, 6) is 1.20. The minimum absolute atomic E-state index is 0.0829. The van der Waals surface area contributed by atoms with Gasteiger partial charge in [0.15, 0.2) is 17.3 Å². The number of phenols is 1. The fourth-order valence-electron chi connectivity index (χ4n) is 2.47. The van der Waals surface area contributed by atoms with Crippen molar-refractivity contribution in [1.82, 2.24) is 9.38 Å². The molecule has 124 valence electrons. The summed E-state index contributed by atoms with van der Waals surface area (Å²) in [6.07, 6.45) is 4.82. The number of halogens is 2. The molecule has 4 rings (SSSR count). The number of pyridine rings is 1. The third-order valence-electron chi connectivity index (χ3n) is 3.63. The van der Waals surface area contributed by atoms with Gasteiger partial charge in [0.2, 0.25) is 0 Å². The lowest BCUT2D eigenvalue weighted by atomic mass is 10.2. The van der Waals surface area contributed by atoms with E-state index in [0.29, 0.717) is 38.5 Å². The van der Waals surface area contributed by atoms with Crippen LogP contribution in [0.15, 0.2) is 64.3 Å². The molecule has 3 heterocycles. The maximum absolute atomic E-state index is 9.96. The van der Waals surface area contributed by atoms with E-state index >= 15 is 0 Å². The third kappa shape index (κ3) is 2.99. The van der Waals surface area contributed by atoms with Gasteiger partial charge in [-0.1, -0.05) is 23.2 Å². The number of hydrogen-bond acceptors (Lipinski definition) is 4. The Morgan fingerprint density at radius 1 is 1.12 bits per heavy atom. The predicted octanol–water partition coefficient (Wildman–Crippen LogP) is 5.36. The largest absolute Gasteiger partial charge is 0.507 e. The number of furan rings is 1. The standard InChI is InChI=1S/C18H11Cl2N3O2/c19-12-3-5-14(24)11(8-12)9-21-18-17(15-2-1-7-25-15)22-16-6-4-13(20)10-23(16)18/h1-10,24H/b21-9+. The van der Waals surface area contributed by atoms with Crippen LogP contribution in [0.4, 0.5) is 5.82 Å². The summed E-state index contributed by atoms with van der Waals surface area (Å²) in [6, 6.07) is 11.9. The summed E-state index contributed by atoms with van der Waals surface area (Å²) in [4.78, 5) is 9.06. The normalized spacial score (nSPS) is 11.6. The van der Waals surface area contributed by atoms with Crippen molar-refractivity contribution in [1.29, 1.82) is 0 Å². The van der Waals surface area contributed by atoms with Crippen LogP contribution in [0.25, 0.3) is 17.1 Å². The lowest BCUT2D eigenvalue weighted by Crippen LogP contribution is -1.86. The third-order valence-corrected chi connectivity index (χ3v) is 4.09. The molecule has 0 aliphatic carbocycles. The van der Waals surface area contributed by atoms with Crippen LogP contribution in [-0.4, -0.2) is 20.7 Å². The van der Waals surface area contributed by atoms with Crippen molar-refractivity contribution in [2.24, 2.45) is 4.99 Å². The molecule has 0 spiro atoms. The van der Waals surface area contributed by atoms with E-state index in [1.807, 2.05) is 0 Å². The molecule has 0 unspecified atom stereocenters. The van der Waals surface area contributed by atoms with Crippen molar-refractivity contribution in [3.63, 3.8) is 0 Å². The van der Waals surface area contributed by atoms with Gasteiger partial charge in [0, 0.05) is 23.0 Å². The van der Waals surface area contributed by atoms with Crippen LogP contribution in [0.2, 0.25) is 10.0 Å². The number of aromatic nitrogens is 2. The lowest BCUT2D eigenvalue weighted by Gasteiger charge is -2.01. The number of fused-ring (bicyclic) bond motifs is 1. The van der Waals surface area contributed by atoms with E-state index in [-0.39, 0.29) is 5.75 Å². The first-order valence-electron chi connectivity index (χ1n) is 7.36. The summed E-state index contributed by atoms with van der Waals surface area (Å²) in [5, 5.41) is 11.0. The lowest BCUT2D eigenvalue weighted by molar-refractivity contribution is 0.474. The average Bonchev–Trinajstić information content (AvgIpc) is 3.23. The van der Waals surface area contributed by atoms with Gasteiger partial charge in [0.1, 0.15) is 11.4 Å². The van der Waals surface area contributed by atoms with Gasteiger partial charge in [-0.3, -0.25) is 4.40 Å². The first-order valence-corrected chi connectivity index (χ1v) is 8.11. The molecule has 0 saturated carbocycles. The molecule has 3 aromatic heterocycles. The number of aliphatic imine (C=N–C) groups is 1. The van der Waals surface area contributed by atoms with Gasteiger partial charge in [0.25, 0.3) is 0 Å². The van der Waals surface area contributed by atoms with Crippen molar-refractivity contribution in [2.45, 2.75) is 0 Å². The van der Waals surface area contributed by atoms with E-state index in [9.17, 15) is 5.11 Å². The molecule has 1 aromatic carbocycles. The number of hydrogen-bond donors (Lipinski definition) is 1. The van der Waals surface area contributed by atoms with Gasteiger partial charge >= 0.3 is 0 Å². The van der Waals surface area contributed by atoms with Crippen LogP contribution in [0.1, 0.15) is 5.56 Å². The Labute approximate surface area is 152 Å². The maximum Gasteiger partial charge on any atom is 0.168 e. The fourth-order valence-corrected chi connectivity index (χ4v) is 2.81. The zero-order valence-electron chi connectivity index (χ0n) is 12.7. The molecule has 0 fully saturated rings. The van der Waals surface area contributed by atoms with Crippen LogP contribution in [-0.2, 0) is 0 Å². The quantitative estimate of drug-likeness (QED) is 0.493. The van der Waals surface area contributed by atoms with Crippen LogP contribution >= 0.6 is 23.2 Å². The summed E-state index contributed by atoms with van der Waals surface area (Å²) in [6.45, 7) is 0. The minimum Gasteiger partial charge on any atom is -0.507 e. The Kier molecular flexibility index (Phi) is 3.95. The Morgan fingerprint density at radius 2 is 1.96 bits per heavy atom. The molecule has 0 amide bonds. The number of imidazole rings is 1. The summed E-state index contributed by atoms with van der Waals surface area (Å²) >= 11 is 12.1. The average molecular weight is 372 g/mol. The zero-order valence-corrected chi connectivity index (χ0v) is 14.2. The zero-order chi connectivity index (χ0) is 17.4. The minimum atomic E-state index is 0.0829. The van der Waals surface area contributed by atoms with Crippen molar-refractivity contribution >= 4 is 40.9 Å². The molecule has 0 aliphatic rings. The highest BCUT2D eigenvalue weighted by molar-refractivity contribution is 6.31. The Balaban J connectivity index is 1.90. The van der Waals surface area contributed by atoms with Gasteiger partial charge in [-0.15, -0.1) is 0 Å². The SMILES string of the molecule is Oc1ccc(Cl)cc1/C=N/c1c(-c2ccco2)nc2ccc(Cl)cn12. The molecular formula is C18H11Cl2N3O2. The number of benzene rings is 1. The molecule has 0 bridgehead atoms. The van der Waals surface area contributed by atoms with Crippen LogP contribution in [0.3, 0.4) is 0 Å².